The number of aromatic carboxylic acids is 2. The Hall–Kier alpha value is -4.74. The molecule has 4 aromatic rings. The maximum atomic E-state index is 10.7. The first-order chi connectivity index (χ1) is 18.2. The first-order valence-corrected chi connectivity index (χ1v) is 11.4. The van der Waals surface area contributed by atoms with E-state index in [2.05, 4.69) is 22.0 Å². The number of carbonyl (C=O) groups is 2. The fraction of sp³-hybridized carbons (Fsp3) is 0. The molecule has 189 valence electrons. The molecule has 0 amide bonds. The molecule has 4 aromatic carbocycles. The molecule has 0 aromatic heterocycles. The van der Waals surface area contributed by atoms with Gasteiger partial charge in [0.15, 0.2) is 0 Å². The second-order valence-corrected chi connectivity index (χ2v) is 7.89. The summed E-state index contributed by atoms with van der Waals surface area (Å²) in [7, 11) is 0. The average Bonchev–Trinajstić information content (AvgIpc) is 2.95. The lowest BCUT2D eigenvalue weighted by Crippen LogP contribution is -1.94. The van der Waals surface area contributed by atoms with Crippen molar-refractivity contribution < 1.29 is 29.9 Å². The van der Waals surface area contributed by atoms with Crippen LogP contribution in [-0.4, -0.2) is 39.9 Å². The van der Waals surface area contributed by atoms with E-state index in [1.807, 2.05) is 30.3 Å². The summed E-state index contributed by atoms with van der Waals surface area (Å²) < 4.78 is 1.00. The number of nitrogens with zero attached hydrogens (tertiary/aromatic N) is 2. The van der Waals surface area contributed by atoms with Crippen molar-refractivity contribution in [1.29, 1.82) is 10.5 Å². The molecular weight excluding hydrogens is 551 g/mol. The van der Waals surface area contributed by atoms with Gasteiger partial charge in [-0.05, 0) is 71.8 Å². The highest BCUT2D eigenvalue weighted by atomic mass is 79.9. The second kappa shape index (κ2) is 17.7. The Morgan fingerprint density at radius 2 is 0.947 bits per heavy atom. The van der Waals surface area contributed by atoms with Crippen LogP contribution in [0.4, 0.5) is 0 Å². The van der Waals surface area contributed by atoms with E-state index in [-0.39, 0.29) is 13.2 Å². The Bertz CT molecular complexity index is 1370. The zero-order chi connectivity index (χ0) is 28.3. The molecule has 0 fully saturated rings. The van der Waals surface area contributed by atoms with Gasteiger partial charge >= 0.3 is 19.6 Å². The van der Waals surface area contributed by atoms with Crippen molar-refractivity contribution in [2.24, 2.45) is 0 Å². The van der Waals surface area contributed by atoms with Crippen LogP contribution in [0.25, 0.3) is 11.1 Å². The van der Waals surface area contributed by atoms with Gasteiger partial charge in [0.25, 0.3) is 0 Å². The van der Waals surface area contributed by atoms with Gasteiger partial charge in [-0.25, -0.2) is 9.59 Å². The molecule has 0 aliphatic heterocycles. The number of hydrogen-bond acceptors (Lipinski definition) is 6. The van der Waals surface area contributed by atoms with E-state index in [1.165, 1.54) is 0 Å². The Labute approximate surface area is 228 Å². The van der Waals surface area contributed by atoms with Gasteiger partial charge in [-0.2, -0.15) is 10.5 Å². The first kappa shape index (κ1) is 31.3. The number of rotatable bonds is 3. The monoisotopic (exact) mass is 571 g/mol. The highest BCUT2D eigenvalue weighted by Gasteiger charge is 2.03. The van der Waals surface area contributed by atoms with Crippen molar-refractivity contribution in [2.75, 3.05) is 0 Å². The molecule has 4 N–H and O–H groups in total. The van der Waals surface area contributed by atoms with Crippen molar-refractivity contribution in [3.63, 3.8) is 0 Å². The summed E-state index contributed by atoms with van der Waals surface area (Å²) in [6, 6.07) is 33.4. The number of carboxylic acid groups (broad SMARTS) is 2. The van der Waals surface area contributed by atoms with E-state index in [4.69, 9.17) is 30.8 Å². The van der Waals surface area contributed by atoms with Gasteiger partial charge < -0.3 is 20.3 Å². The van der Waals surface area contributed by atoms with Gasteiger partial charge in [-0.15, -0.1) is 0 Å². The lowest BCUT2D eigenvalue weighted by molar-refractivity contribution is 0.0686. The molecular formula is C28H21BBrN2O6. The smallest absolute Gasteiger partial charge is 0.478 e. The minimum absolute atomic E-state index is 0. The zero-order valence-electron chi connectivity index (χ0n) is 19.8. The van der Waals surface area contributed by atoms with Crippen LogP contribution in [0, 0.1) is 22.7 Å². The van der Waals surface area contributed by atoms with Crippen molar-refractivity contribution in [3.05, 3.63) is 130 Å². The fourth-order valence-corrected chi connectivity index (χ4v) is 2.91. The molecule has 0 aliphatic carbocycles. The second-order valence-electron chi connectivity index (χ2n) is 6.98. The number of benzene rings is 4. The van der Waals surface area contributed by atoms with Crippen molar-refractivity contribution in [1.82, 2.24) is 0 Å². The highest BCUT2D eigenvalue weighted by Crippen LogP contribution is 2.20. The molecule has 8 nitrogen and oxygen atoms in total. The Morgan fingerprint density at radius 1 is 0.605 bits per heavy atom. The van der Waals surface area contributed by atoms with Gasteiger partial charge in [-0.3, -0.25) is 0 Å². The molecule has 0 atom stereocenters. The standard InChI is InChI=1S/C14H9NO2.C7H4BrN.C7H6O2.BH2O2/c15-9-10-1-3-11(4-2-10)12-5-7-13(8-6-12)14(16)17;8-7-3-1-6(5-9)2-4-7;8-7(9)6-4-2-1-3-5-6;2-1-3/h1-8H,(H,16,17);1-4H;1-5H,(H,8,9);2-3H. The van der Waals surface area contributed by atoms with E-state index < -0.39 is 11.9 Å². The predicted molar refractivity (Wildman–Crippen MR) is 146 cm³/mol. The van der Waals surface area contributed by atoms with E-state index in [9.17, 15) is 9.59 Å². The normalized spacial score (nSPS) is 8.76. The van der Waals surface area contributed by atoms with Crippen molar-refractivity contribution >= 4 is 35.6 Å². The zero-order valence-corrected chi connectivity index (χ0v) is 21.4. The molecule has 1 radical (unpaired) electrons. The largest absolute Gasteiger partial charge is 0.482 e. The van der Waals surface area contributed by atoms with Gasteiger partial charge in [0, 0.05) is 4.47 Å². The molecule has 0 saturated carbocycles. The topological polar surface area (TPSA) is 163 Å². The van der Waals surface area contributed by atoms with E-state index in [0.717, 1.165) is 15.6 Å². The van der Waals surface area contributed by atoms with Crippen LogP contribution >= 0.6 is 15.9 Å². The molecule has 0 aliphatic rings. The number of halogens is 1. The predicted octanol–water partition coefficient (Wildman–Crippen LogP) is 5.13. The highest BCUT2D eigenvalue weighted by molar-refractivity contribution is 9.10. The molecule has 0 heterocycles. The summed E-state index contributed by atoms with van der Waals surface area (Å²) in [6.45, 7) is 0. The molecule has 0 saturated heterocycles. The molecule has 0 spiro atoms. The summed E-state index contributed by atoms with van der Waals surface area (Å²) in [4.78, 5) is 20.9. The van der Waals surface area contributed by atoms with E-state index in [0.29, 0.717) is 16.7 Å². The van der Waals surface area contributed by atoms with Crippen LogP contribution in [0.5, 0.6) is 0 Å². The van der Waals surface area contributed by atoms with Crippen LogP contribution in [0.2, 0.25) is 0 Å². The molecule has 4 rings (SSSR count). The first-order valence-electron chi connectivity index (χ1n) is 10.6. The molecule has 38 heavy (non-hydrogen) atoms. The minimum Gasteiger partial charge on any atom is -0.478 e. The maximum Gasteiger partial charge on any atom is 0.482 e. The van der Waals surface area contributed by atoms with E-state index in [1.54, 1.807) is 78.9 Å². The van der Waals surface area contributed by atoms with Crippen LogP contribution in [-0.2, 0) is 0 Å². The number of nitriles is 2. The summed E-state index contributed by atoms with van der Waals surface area (Å²) in [5.41, 5.74) is 3.79. The average molecular weight is 572 g/mol. The van der Waals surface area contributed by atoms with Crippen molar-refractivity contribution in [3.8, 4) is 23.3 Å². The quantitative estimate of drug-likeness (QED) is 0.246. The third kappa shape index (κ3) is 11.8. The van der Waals surface area contributed by atoms with Crippen LogP contribution < -0.4 is 0 Å². The molecule has 10 heteroatoms. The summed E-state index contributed by atoms with van der Waals surface area (Å²) >= 11 is 3.27. The number of carboxylic acids is 2. The lowest BCUT2D eigenvalue weighted by Gasteiger charge is -2.02. The van der Waals surface area contributed by atoms with Crippen molar-refractivity contribution in [2.45, 2.75) is 0 Å². The Kier molecular flexibility index (Phi) is 14.5. The summed E-state index contributed by atoms with van der Waals surface area (Å²) in [5, 5.41) is 48.2. The van der Waals surface area contributed by atoms with Crippen LogP contribution in [0.1, 0.15) is 31.8 Å². The Morgan fingerprint density at radius 3 is 1.29 bits per heavy atom. The fourth-order valence-electron chi connectivity index (χ4n) is 2.65. The number of hydrogen-bond donors (Lipinski definition) is 4. The third-order valence-corrected chi connectivity index (χ3v) is 5.00. The van der Waals surface area contributed by atoms with Crippen LogP contribution in [0.3, 0.4) is 0 Å². The maximum absolute atomic E-state index is 10.7. The van der Waals surface area contributed by atoms with Gasteiger partial charge in [0.1, 0.15) is 0 Å². The lowest BCUT2D eigenvalue weighted by atomic mass is 10.0. The summed E-state index contributed by atoms with van der Waals surface area (Å²) in [5.74, 6) is -1.81. The van der Waals surface area contributed by atoms with Gasteiger partial charge in [0.05, 0.1) is 34.4 Å². The van der Waals surface area contributed by atoms with Gasteiger partial charge in [0.2, 0.25) is 0 Å². The van der Waals surface area contributed by atoms with Gasteiger partial charge in [-0.1, -0.05) is 58.4 Å². The Balaban J connectivity index is 0.000000292. The third-order valence-electron chi connectivity index (χ3n) is 4.47. The SMILES string of the molecule is N#Cc1ccc(-c2ccc(C(=O)O)cc2)cc1.N#Cc1ccc(Br)cc1.O=C(O)c1ccccc1.O[B]O. The molecule has 0 unspecified atom stereocenters. The van der Waals surface area contributed by atoms with Crippen LogP contribution in [0.15, 0.2) is 108 Å². The summed E-state index contributed by atoms with van der Waals surface area (Å²) in [6.07, 6.45) is 0. The minimum atomic E-state index is -0.934. The van der Waals surface area contributed by atoms with E-state index >= 15 is 0 Å². The molecule has 0 bridgehead atoms.